The van der Waals surface area contributed by atoms with Crippen molar-refractivity contribution in [2.45, 2.75) is 8.86 Å². The van der Waals surface area contributed by atoms with Crippen LogP contribution in [0.25, 0.3) is 10.9 Å². The first-order valence-electron chi connectivity index (χ1n) is 4.52. The topological polar surface area (TPSA) is 66.0 Å². The summed E-state index contributed by atoms with van der Waals surface area (Å²) in [6, 6.07) is 1.87. The molecular formula is C10H8I2N2O2. The quantitative estimate of drug-likeness (QED) is 0.556. The van der Waals surface area contributed by atoms with E-state index in [1.807, 2.05) is 6.07 Å². The van der Waals surface area contributed by atoms with E-state index in [1.165, 1.54) is 6.33 Å². The molecule has 4 nitrogen and oxygen atoms in total. The molecule has 0 amide bonds. The average molecular weight is 442 g/mol. The smallest absolute Gasteiger partial charge is 0.259 e. The second kappa shape index (κ2) is 4.86. The van der Waals surface area contributed by atoms with Gasteiger partial charge in [0.05, 0.1) is 11.7 Å². The molecule has 1 aromatic heterocycles. The molecule has 0 spiro atoms. The monoisotopic (exact) mass is 442 g/mol. The van der Waals surface area contributed by atoms with Crippen molar-refractivity contribution >= 4 is 56.1 Å². The Kier molecular flexibility index (Phi) is 3.67. The number of aromatic nitrogens is 2. The Labute approximate surface area is 119 Å². The molecule has 0 fully saturated rings. The number of hydrogen-bond donors (Lipinski definition) is 2. The average Bonchev–Trinajstić information content (AvgIpc) is 2.30. The largest absolute Gasteiger partial charge is 0.505 e. The zero-order valence-corrected chi connectivity index (χ0v) is 12.4. The van der Waals surface area contributed by atoms with Gasteiger partial charge < -0.3 is 10.1 Å². The van der Waals surface area contributed by atoms with Crippen molar-refractivity contribution < 1.29 is 5.11 Å². The maximum absolute atomic E-state index is 11.7. The minimum absolute atomic E-state index is 0.115. The highest BCUT2D eigenvalue weighted by atomic mass is 127. The molecule has 84 valence electrons. The minimum atomic E-state index is -0.202. The molecule has 0 aliphatic carbocycles. The van der Waals surface area contributed by atoms with Crippen LogP contribution in [0.1, 0.15) is 11.1 Å². The number of H-pyrrole nitrogens is 1. The van der Waals surface area contributed by atoms with Gasteiger partial charge in [0.2, 0.25) is 0 Å². The summed E-state index contributed by atoms with van der Waals surface area (Å²) in [5.74, 6) is 0.115. The van der Waals surface area contributed by atoms with E-state index in [-0.39, 0.29) is 11.3 Å². The lowest BCUT2D eigenvalue weighted by atomic mass is 10.1. The maximum atomic E-state index is 11.7. The summed E-state index contributed by atoms with van der Waals surface area (Å²) in [5, 5.41) is 10.5. The highest BCUT2D eigenvalue weighted by Crippen LogP contribution is 2.30. The van der Waals surface area contributed by atoms with E-state index < -0.39 is 0 Å². The van der Waals surface area contributed by atoms with Gasteiger partial charge in [-0.3, -0.25) is 4.79 Å². The molecule has 0 saturated carbocycles. The SMILES string of the molecule is O=c1[nH]cnc2c(O)c(CI)cc(CI)c12. The molecule has 6 heteroatoms. The van der Waals surface area contributed by atoms with Crippen LogP contribution in [-0.4, -0.2) is 15.1 Å². The molecule has 0 aliphatic rings. The van der Waals surface area contributed by atoms with Gasteiger partial charge in [-0.05, 0) is 11.6 Å². The van der Waals surface area contributed by atoms with Crippen molar-refractivity contribution in [3.05, 3.63) is 33.9 Å². The summed E-state index contributed by atoms with van der Waals surface area (Å²) in [6.07, 6.45) is 1.32. The van der Waals surface area contributed by atoms with Crippen LogP contribution in [0.15, 0.2) is 17.2 Å². The van der Waals surface area contributed by atoms with Crippen molar-refractivity contribution in [3.8, 4) is 5.75 Å². The summed E-state index contributed by atoms with van der Waals surface area (Å²) in [4.78, 5) is 18.3. The standard InChI is InChI=1S/C10H8I2N2O2/c11-2-5-1-6(3-12)9(15)8-7(5)10(16)14-4-13-8/h1,4,15H,2-3H2,(H,13,14,16). The number of aromatic hydroxyl groups is 1. The Bertz CT molecular complexity index is 595. The number of hydrogen-bond acceptors (Lipinski definition) is 3. The van der Waals surface area contributed by atoms with Crippen molar-refractivity contribution in [2.24, 2.45) is 0 Å². The number of rotatable bonds is 2. The van der Waals surface area contributed by atoms with Crippen LogP contribution >= 0.6 is 45.2 Å². The lowest BCUT2D eigenvalue weighted by molar-refractivity contribution is 0.476. The summed E-state index contributed by atoms with van der Waals surface area (Å²) < 4.78 is 1.41. The molecule has 2 aromatic rings. The number of benzene rings is 1. The highest BCUT2D eigenvalue weighted by molar-refractivity contribution is 14.1. The van der Waals surface area contributed by atoms with Crippen LogP contribution < -0.4 is 5.56 Å². The molecule has 0 bridgehead atoms. The van der Waals surface area contributed by atoms with Crippen LogP contribution in [-0.2, 0) is 8.86 Å². The second-order valence-electron chi connectivity index (χ2n) is 3.27. The molecule has 0 unspecified atom stereocenters. The van der Waals surface area contributed by atoms with Gasteiger partial charge in [-0.1, -0.05) is 45.2 Å². The van der Waals surface area contributed by atoms with E-state index in [1.54, 1.807) is 0 Å². The molecule has 16 heavy (non-hydrogen) atoms. The minimum Gasteiger partial charge on any atom is -0.505 e. The Hall–Kier alpha value is -0.380. The molecule has 0 saturated heterocycles. The number of alkyl halides is 2. The fraction of sp³-hybridized carbons (Fsp3) is 0.200. The zero-order valence-electron chi connectivity index (χ0n) is 8.13. The van der Waals surface area contributed by atoms with E-state index in [2.05, 4.69) is 55.1 Å². The third kappa shape index (κ3) is 1.92. The molecule has 0 radical (unpaired) electrons. The third-order valence-corrected chi connectivity index (χ3v) is 3.98. The Morgan fingerprint density at radius 1 is 1.31 bits per heavy atom. The van der Waals surface area contributed by atoms with Crippen molar-refractivity contribution in [2.75, 3.05) is 0 Å². The van der Waals surface area contributed by atoms with Crippen LogP contribution in [0, 0.1) is 0 Å². The van der Waals surface area contributed by atoms with E-state index >= 15 is 0 Å². The number of aromatic amines is 1. The van der Waals surface area contributed by atoms with Crippen LogP contribution in [0.5, 0.6) is 5.75 Å². The van der Waals surface area contributed by atoms with Gasteiger partial charge in [-0.2, -0.15) is 0 Å². The van der Waals surface area contributed by atoms with Gasteiger partial charge in [0.15, 0.2) is 0 Å². The van der Waals surface area contributed by atoms with E-state index in [4.69, 9.17) is 0 Å². The Morgan fingerprint density at radius 2 is 2.00 bits per heavy atom. The van der Waals surface area contributed by atoms with E-state index in [9.17, 15) is 9.90 Å². The van der Waals surface area contributed by atoms with Gasteiger partial charge in [-0.15, -0.1) is 0 Å². The fourth-order valence-corrected chi connectivity index (χ4v) is 2.77. The van der Waals surface area contributed by atoms with Crippen LogP contribution in [0.4, 0.5) is 0 Å². The number of fused-ring (bicyclic) bond motifs is 1. The molecular weight excluding hydrogens is 434 g/mol. The Balaban J connectivity index is 2.97. The highest BCUT2D eigenvalue weighted by Gasteiger charge is 2.13. The van der Waals surface area contributed by atoms with E-state index in [0.717, 1.165) is 11.1 Å². The lowest BCUT2D eigenvalue weighted by Crippen LogP contribution is -2.09. The molecule has 1 aromatic carbocycles. The molecule has 2 rings (SSSR count). The van der Waals surface area contributed by atoms with Gasteiger partial charge in [0.1, 0.15) is 11.3 Å². The predicted molar refractivity (Wildman–Crippen MR) is 79.5 cm³/mol. The van der Waals surface area contributed by atoms with Gasteiger partial charge >= 0.3 is 0 Å². The first-order chi connectivity index (χ1) is 7.69. The number of nitrogens with one attached hydrogen (secondary N) is 1. The lowest BCUT2D eigenvalue weighted by Gasteiger charge is -2.08. The number of nitrogens with zero attached hydrogens (tertiary/aromatic N) is 1. The number of phenols is 1. The van der Waals surface area contributed by atoms with E-state index in [0.29, 0.717) is 19.8 Å². The third-order valence-electron chi connectivity index (χ3n) is 2.34. The maximum Gasteiger partial charge on any atom is 0.259 e. The second-order valence-corrected chi connectivity index (χ2v) is 4.79. The van der Waals surface area contributed by atoms with Crippen LogP contribution in [0.2, 0.25) is 0 Å². The molecule has 1 heterocycles. The molecule has 0 atom stereocenters. The summed E-state index contributed by atoms with van der Waals surface area (Å²) in [5.41, 5.74) is 1.92. The number of phenolic OH excluding ortho intramolecular Hbond substituents is 1. The first-order valence-corrected chi connectivity index (χ1v) is 7.57. The molecule has 0 aliphatic heterocycles. The van der Waals surface area contributed by atoms with Crippen molar-refractivity contribution in [3.63, 3.8) is 0 Å². The van der Waals surface area contributed by atoms with Gasteiger partial charge in [-0.25, -0.2) is 4.98 Å². The first kappa shape index (κ1) is 12.1. The summed E-state index contributed by atoms with van der Waals surface area (Å²) in [6.45, 7) is 0. The molecule has 2 N–H and O–H groups in total. The van der Waals surface area contributed by atoms with Crippen molar-refractivity contribution in [1.29, 1.82) is 0 Å². The zero-order chi connectivity index (χ0) is 11.7. The van der Waals surface area contributed by atoms with Crippen molar-refractivity contribution in [1.82, 2.24) is 9.97 Å². The normalized spacial score (nSPS) is 10.9. The Morgan fingerprint density at radius 3 is 2.62 bits per heavy atom. The summed E-state index contributed by atoms with van der Waals surface area (Å²) >= 11 is 4.38. The van der Waals surface area contributed by atoms with Gasteiger partial charge in [0.25, 0.3) is 5.56 Å². The number of halogens is 2. The summed E-state index contributed by atoms with van der Waals surface area (Å²) in [7, 11) is 0. The predicted octanol–water partition coefficient (Wildman–Crippen LogP) is 2.50. The van der Waals surface area contributed by atoms with Crippen LogP contribution in [0.3, 0.4) is 0 Å². The fourth-order valence-electron chi connectivity index (χ4n) is 1.59. The van der Waals surface area contributed by atoms with Gasteiger partial charge in [0, 0.05) is 14.4 Å².